The lowest BCUT2D eigenvalue weighted by atomic mass is 10.0. The van der Waals surface area contributed by atoms with Crippen molar-refractivity contribution in [2.75, 3.05) is 32.8 Å². The third kappa shape index (κ3) is 39.0. The van der Waals surface area contributed by atoms with Crippen LogP contribution in [0.5, 0.6) is 0 Å². The van der Waals surface area contributed by atoms with Crippen LogP contribution >= 0.6 is 0 Å². The molecule has 0 aliphatic carbocycles. The molecule has 62 heavy (non-hydrogen) atoms. The van der Waals surface area contributed by atoms with Gasteiger partial charge in [0.2, 0.25) is 0 Å². The Labute approximate surface area is 382 Å². The molecule has 0 saturated heterocycles. The number of esters is 2. The van der Waals surface area contributed by atoms with Crippen LogP contribution in [0.15, 0.2) is 30.3 Å². The van der Waals surface area contributed by atoms with Gasteiger partial charge in [0.05, 0.1) is 6.61 Å². The van der Waals surface area contributed by atoms with Gasteiger partial charge in [-0.1, -0.05) is 192 Å². The van der Waals surface area contributed by atoms with Gasteiger partial charge < -0.3 is 24.4 Å². The van der Waals surface area contributed by atoms with Gasteiger partial charge in [-0.25, -0.2) is 4.79 Å². The number of ether oxygens (including phenoxy) is 3. The number of hydrogen-bond acceptors (Lipinski definition) is 7. The molecule has 0 unspecified atom stereocenters. The maximum absolute atomic E-state index is 12.9. The third-order valence-corrected chi connectivity index (χ3v) is 12.2. The molecule has 0 aliphatic heterocycles. The van der Waals surface area contributed by atoms with Gasteiger partial charge in [-0.05, 0) is 95.8 Å². The van der Waals surface area contributed by atoms with Crippen LogP contribution in [0.3, 0.4) is 0 Å². The Hall–Kier alpha value is -2.61. The number of carbonyl (C=O) groups is 3. The monoisotopic (exact) mass is 871 g/mol. The van der Waals surface area contributed by atoms with E-state index in [2.05, 4.69) is 31.0 Å². The minimum Gasteiger partial charge on any atom is -0.466 e. The predicted molar refractivity (Wildman–Crippen MR) is 261 cm³/mol. The van der Waals surface area contributed by atoms with Crippen LogP contribution in [-0.4, -0.2) is 61.8 Å². The molecule has 0 bridgehead atoms. The van der Waals surface area contributed by atoms with Crippen molar-refractivity contribution in [1.29, 1.82) is 0 Å². The Bertz CT molecular complexity index is 1120. The second-order valence-electron chi connectivity index (χ2n) is 18.1. The van der Waals surface area contributed by atoms with E-state index in [1.54, 1.807) is 0 Å². The molecular weight excluding hydrogens is 773 g/mol. The molecule has 1 N–H and O–H groups in total. The van der Waals surface area contributed by atoms with Crippen molar-refractivity contribution in [3.05, 3.63) is 35.9 Å². The smallest absolute Gasteiger partial charge is 0.407 e. The van der Waals surface area contributed by atoms with Crippen LogP contribution in [0.2, 0.25) is 0 Å². The van der Waals surface area contributed by atoms with Gasteiger partial charge in [0.25, 0.3) is 0 Å². The fraction of sp³-hybridized carbons (Fsp3) is 0.833. The Kier molecular flexibility index (Phi) is 41.6. The summed E-state index contributed by atoms with van der Waals surface area (Å²) in [5.74, 6) is -0.0249. The number of unbranched alkanes of at least 4 members (excludes halogenated alkanes) is 25. The van der Waals surface area contributed by atoms with Gasteiger partial charge in [0.15, 0.2) is 0 Å². The van der Waals surface area contributed by atoms with E-state index in [0.717, 1.165) is 115 Å². The number of hydrogen-bond donors (Lipinski definition) is 1. The van der Waals surface area contributed by atoms with Gasteiger partial charge in [-0.15, -0.1) is 0 Å². The number of nitrogens with one attached hydrogen (secondary N) is 1. The molecule has 0 aliphatic rings. The molecule has 0 radical (unpaired) electrons. The fourth-order valence-corrected chi connectivity index (χ4v) is 8.16. The van der Waals surface area contributed by atoms with Crippen LogP contribution in [0.1, 0.15) is 251 Å². The number of alkyl carbamates (subject to hydrolysis) is 1. The number of rotatable bonds is 46. The van der Waals surface area contributed by atoms with Crippen LogP contribution in [0.25, 0.3) is 0 Å². The van der Waals surface area contributed by atoms with Gasteiger partial charge in [-0.3, -0.25) is 9.59 Å². The summed E-state index contributed by atoms with van der Waals surface area (Å²) in [6.07, 6.45) is 39.7. The highest BCUT2D eigenvalue weighted by Crippen LogP contribution is 2.19. The zero-order chi connectivity index (χ0) is 44.8. The van der Waals surface area contributed by atoms with E-state index in [-0.39, 0.29) is 30.7 Å². The maximum atomic E-state index is 12.9. The molecule has 0 heterocycles. The molecule has 0 spiro atoms. The van der Waals surface area contributed by atoms with Gasteiger partial charge >= 0.3 is 18.0 Å². The van der Waals surface area contributed by atoms with Crippen molar-refractivity contribution in [2.24, 2.45) is 0 Å². The predicted octanol–water partition coefficient (Wildman–Crippen LogP) is 15.4. The first-order chi connectivity index (χ1) is 30.5. The van der Waals surface area contributed by atoms with E-state index < -0.39 is 0 Å². The minimum atomic E-state index is -0.360. The molecule has 0 atom stereocenters. The summed E-state index contributed by atoms with van der Waals surface area (Å²) in [7, 11) is 0. The zero-order valence-corrected chi connectivity index (χ0v) is 40.9. The second-order valence-corrected chi connectivity index (χ2v) is 18.1. The van der Waals surface area contributed by atoms with Crippen molar-refractivity contribution in [2.45, 2.75) is 258 Å². The van der Waals surface area contributed by atoms with Crippen LogP contribution in [0.4, 0.5) is 4.79 Å². The highest BCUT2D eigenvalue weighted by atomic mass is 16.6. The first-order valence-electron chi connectivity index (χ1n) is 26.5. The Morgan fingerprint density at radius 2 is 0.919 bits per heavy atom. The summed E-state index contributed by atoms with van der Waals surface area (Å²) in [6.45, 7) is 11.4. The summed E-state index contributed by atoms with van der Waals surface area (Å²) in [5, 5.41) is 2.91. The second kappa shape index (κ2) is 45.0. The lowest BCUT2D eigenvalue weighted by Crippen LogP contribution is -2.29. The molecular formula is C54H98N2O6. The SMILES string of the molecule is CCCCCCCCCOC(=O)CCCCCCCN(CCCCCCCC(=O)OC(CCCCCCCC)CCCCCCCC)CCCCNC(=O)OCc1ccccc1. The molecule has 1 amide bonds. The lowest BCUT2D eigenvalue weighted by molar-refractivity contribution is -0.150. The van der Waals surface area contributed by atoms with Crippen molar-refractivity contribution in [3.8, 4) is 0 Å². The third-order valence-electron chi connectivity index (χ3n) is 12.2. The number of carbonyl (C=O) groups excluding carboxylic acids is 3. The number of amides is 1. The molecule has 0 aromatic heterocycles. The molecule has 0 fully saturated rings. The summed E-state index contributed by atoms with van der Waals surface area (Å²) in [4.78, 5) is 39.8. The Balaban J connectivity index is 2.36. The van der Waals surface area contributed by atoms with Crippen LogP contribution in [0, 0.1) is 0 Å². The Morgan fingerprint density at radius 1 is 0.484 bits per heavy atom. The van der Waals surface area contributed by atoms with Crippen molar-refractivity contribution >= 4 is 18.0 Å². The van der Waals surface area contributed by atoms with E-state index in [1.807, 2.05) is 30.3 Å². The van der Waals surface area contributed by atoms with Crippen molar-refractivity contribution < 1.29 is 28.6 Å². The van der Waals surface area contributed by atoms with E-state index in [1.165, 1.54) is 122 Å². The molecule has 1 aromatic carbocycles. The molecule has 360 valence electrons. The van der Waals surface area contributed by atoms with Crippen molar-refractivity contribution in [1.82, 2.24) is 10.2 Å². The summed E-state index contributed by atoms with van der Waals surface area (Å²) in [5.41, 5.74) is 0.985. The average molecular weight is 871 g/mol. The largest absolute Gasteiger partial charge is 0.466 e. The highest BCUT2D eigenvalue weighted by molar-refractivity contribution is 5.69. The van der Waals surface area contributed by atoms with Crippen LogP contribution in [-0.2, 0) is 30.4 Å². The fourth-order valence-electron chi connectivity index (χ4n) is 8.16. The highest BCUT2D eigenvalue weighted by Gasteiger charge is 2.15. The number of benzene rings is 1. The standard InChI is InChI=1S/C54H98N2O6/c1-4-7-10-13-16-25-37-48-60-52(57)42-31-21-17-23-34-45-56(47-36-33-44-55-54(59)61-49-50-38-27-26-28-39-50)46-35-24-18-22-32-43-53(58)62-51(40-29-19-14-11-8-5-2)41-30-20-15-12-9-6-3/h26-28,38-39,51H,4-25,29-37,40-49H2,1-3H3,(H,55,59). The van der Waals surface area contributed by atoms with E-state index >= 15 is 0 Å². The zero-order valence-electron chi connectivity index (χ0n) is 40.9. The molecule has 8 heteroatoms. The molecule has 0 saturated carbocycles. The summed E-state index contributed by atoms with van der Waals surface area (Å²) in [6, 6.07) is 9.76. The molecule has 1 aromatic rings. The summed E-state index contributed by atoms with van der Waals surface area (Å²) < 4.78 is 16.9. The minimum absolute atomic E-state index is 0.0100. The van der Waals surface area contributed by atoms with Crippen LogP contribution < -0.4 is 5.32 Å². The topological polar surface area (TPSA) is 94.2 Å². The van der Waals surface area contributed by atoms with E-state index in [9.17, 15) is 14.4 Å². The molecule has 1 rings (SSSR count). The van der Waals surface area contributed by atoms with Gasteiger partial charge in [-0.2, -0.15) is 0 Å². The number of nitrogens with zero attached hydrogens (tertiary/aromatic N) is 1. The first-order valence-corrected chi connectivity index (χ1v) is 26.5. The van der Waals surface area contributed by atoms with E-state index in [4.69, 9.17) is 14.2 Å². The summed E-state index contributed by atoms with van der Waals surface area (Å²) >= 11 is 0. The van der Waals surface area contributed by atoms with E-state index in [0.29, 0.717) is 26.0 Å². The van der Waals surface area contributed by atoms with Gasteiger partial charge in [0, 0.05) is 19.4 Å². The van der Waals surface area contributed by atoms with Crippen molar-refractivity contribution in [3.63, 3.8) is 0 Å². The lowest BCUT2D eigenvalue weighted by Gasteiger charge is -2.22. The maximum Gasteiger partial charge on any atom is 0.407 e. The molecule has 8 nitrogen and oxygen atoms in total. The quantitative estimate of drug-likeness (QED) is 0.0396. The first kappa shape index (κ1) is 57.4. The average Bonchev–Trinajstić information content (AvgIpc) is 3.27. The van der Waals surface area contributed by atoms with Gasteiger partial charge in [0.1, 0.15) is 12.7 Å². The Morgan fingerprint density at radius 3 is 1.45 bits per heavy atom. The normalized spacial score (nSPS) is 11.4.